The van der Waals surface area contributed by atoms with E-state index in [1.807, 2.05) is 4.90 Å². The van der Waals surface area contributed by atoms with Crippen LogP contribution in [-0.4, -0.2) is 59.0 Å². The lowest BCUT2D eigenvalue weighted by Gasteiger charge is -2.34. The number of hydrogen-bond acceptors (Lipinski definition) is 6. The molecule has 1 amide bonds. The van der Waals surface area contributed by atoms with Gasteiger partial charge in [-0.1, -0.05) is 0 Å². The minimum Gasteiger partial charge on any atom is -0.481 e. The van der Waals surface area contributed by atoms with Gasteiger partial charge in [0, 0.05) is 50.7 Å². The summed E-state index contributed by atoms with van der Waals surface area (Å²) < 4.78 is 5.10. The highest BCUT2D eigenvalue weighted by atomic mass is 16.5. The first-order chi connectivity index (χ1) is 11.2. The first-order valence-corrected chi connectivity index (χ1v) is 7.27. The van der Waals surface area contributed by atoms with Gasteiger partial charge < -0.3 is 19.5 Å². The number of carbonyl (C=O) groups is 1. The zero-order chi connectivity index (χ0) is 16.2. The van der Waals surface area contributed by atoms with Gasteiger partial charge in [0.25, 0.3) is 5.91 Å². The van der Waals surface area contributed by atoms with E-state index in [-0.39, 0.29) is 11.5 Å². The van der Waals surface area contributed by atoms with Crippen molar-refractivity contribution in [3.05, 3.63) is 46.5 Å². The van der Waals surface area contributed by atoms with Gasteiger partial charge >= 0.3 is 0 Å². The maximum atomic E-state index is 12.4. The summed E-state index contributed by atoms with van der Waals surface area (Å²) in [4.78, 5) is 38.3. The van der Waals surface area contributed by atoms with Crippen molar-refractivity contribution in [2.75, 3.05) is 38.2 Å². The topological polar surface area (TPSA) is 91.4 Å². The van der Waals surface area contributed by atoms with Crippen LogP contribution in [0.1, 0.15) is 10.4 Å². The van der Waals surface area contributed by atoms with Gasteiger partial charge in [0.15, 0.2) is 0 Å². The number of carbonyl (C=O) groups excluding carboxylic acids is 1. The van der Waals surface area contributed by atoms with Crippen molar-refractivity contribution < 1.29 is 9.53 Å². The number of pyridine rings is 1. The van der Waals surface area contributed by atoms with Crippen LogP contribution in [0.2, 0.25) is 0 Å². The van der Waals surface area contributed by atoms with Crippen LogP contribution in [-0.2, 0) is 0 Å². The Morgan fingerprint density at radius 3 is 2.65 bits per heavy atom. The van der Waals surface area contributed by atoms with Crippen LogP contribution in [0.5, 0.6) is 5.88 Å². The Morgan fingerprint density at radius 2 is 2.00 bits per heavy atom. The Kier molecular flexibility index (Phi) is 4.22. The molecule has 2 aromatic heterocycles. The number of rotatable bonds is 3. The van der Waals surface area contributed by atoms with E-state index < -0.39 is 0 Å². The molecule has 0 radical (unpaired) electrons. The second-order valence-corrected chi connectivity index (χ2v) is 5.12. The van der Waals surface area contributed by atoms with Crippen molar-refractivity contribution in [2.24, 2.45) is 0 Å². The minimum absolute atomic E-state index is 0.0903. The highest BCUT2D eigenvalue weighted by Crippen LogP contribution is 2.15. The molecule has 0 aromatic carbocycles. The summed E-state index contributed by atoms with van der Waals surface area (Å²) in [5.74, 6) is 1.02. The lowest BCUT2D eigenvalue weighted by molar-refractivity contribution is 0.0745. The van der Waals surface area contributed by atoms with E-state index in [4.69, 9.17) is 4.74 Å². The van der Waals surface area contributed by atoms with Gasteiger partial charge in [-0.2, -0.15) is 4.98 Å². The number of hydrogen-bond donors (Lipinski definition) is 1. The number of ether oxygens (including phenoxy) is 1. The molecule has 1 fully saturated rings. The number of piperazine rings is 1. The SMILES string of the molecule is COc1ccnc(N2CCN(C(=O)c3ccc(=O)[nH]c3)CC2)n1. The molecular weight excluding hydrogens is 298 g/mol. The highest BCUT2D eigenvalue weighted by Gasteiger charge is 2.23. The van der Waals surface area contributed by atoms with Crippen LogP contribution < -0.4 is 15.2 Å². The third-order valence-electron chi connectivity index (χ3n) is 3.71. The number of anilines is 1. The van der Waals surface area contributed by atoms with Crippen LogP contribution in [0.3, 0.4) is 0 Å². The summed E-state index contributed by atoms with van der Waals surface area (Å²) in [5.41, 5.74) is 0.261. The first kappa shape index (κ1) is 15.0. The third kappa shape index (κ3) is 3.31. The molecule has 0 bridgehead atoms. The molecule has 1 saturated heterocycles. The van der Waals surface area contributed by atoms with E-state index in [1.165, 1.54) is 12.3 Å². The lowest BCUT2D eigenvalue weighted by atomic mass is 10.2. The van der Waals surface area contributed by atoms with Crippen LogP contribution in [0.25, 0.3) is 0 Å². The number of aromatic amines is 1. The van der Waals surface area contributed by atoms with E-state index in [9.17, 15) is 9.59 Å². The monoisotopic (exact) mass is 315 g/mol. The van der Waals surface area contributed by atoms with E-state index in [2.05, 4.69) is 15.0 Å². The fraction of sp³-hybridized carbons (Fsp3) is 0.333. The molecule has 0 unspecified atom stereocenters. The third-order valence-corrected chi connectivity index (χ3v) is 3.71. The first-order valence-electron chi connectivity index (χ1n) is 7.27. The molecule has 3 rings (SSSR count). The molecule has 0 spiro atoms. The number of nitrogens with zero attached hydrogens (tertiary/aromatic N) is 4. The summed E-state index contributed by atoms with van der Waals surface area (Å²) >= 11 is 0. The molecule has 0 saturated carbocycles. The van der Waals surface area contributed by atoms with Crippen molar-refractivity contribution >= 4 is 11.9 Å². The smallest absolute Gasteiger partial charge is 0.255 e. The van der Waals surface area contributed by atoms with Crippen molar-refractivity contribution in [2.45, 2.75) is 0 Å². The van der Waals surface area contributed by atoms with Gasteiger partial charge in [-0.15, -0.1) is 0 Å². The summed E-state index contributed by atoms with van der Waals surface area (Å²) in [6.07, 6.45) is 3.10. The van der Waals surface area contributed by atoms with Crippen molar-refractivity contribution in [3.8, 4) is 5.88 Å². The Hall–Kier alpha value is -2.90. The van der Waals surface area contributed by atoms with Gasteiger partial charge in [0.05, 0.1) is 12.7 Å². The fourth-order valence-corrected chi connectivity index (χ4v) is 2.43. The quantitative estimate of drug-likeness (QED) is 0.866. The molecule has 1 N–H and O–H groups in total. The zero-order valence-corrected chi connectivity index (χ0v) is 12.7. The molecule has 3 heterocycles. The average Bonchev–Trinajstić information content (AvgIpc) is 2.62. The van der Waals surface area contributed by atoms with Gasteiger partial charge in [0.2, 0.25) is 17.4 Å². The van der Waals surface area contributed by atoms with Gasteiger partial charge in [-0.25, -0.2) is 4.98 Å². The van der Waals surface area contributed by atoms with Crippen LogP contribution in [0.15, 0.2) is 35.4 Å². The lowest BCUT2D eigenvalue weighted by Crippen LogP contribution is -2.49. The number of methoxy groups -OCH3 is 1. The maximum Gasteiger partial charge on any atom is 0.255 e. The van der Waals surface area contributed by atoms with Crippen molar-refractivity contribution in [1.82, 2.24) is 19.9 Å². The van der Waals surface area contributed by atoms with Gasteiger partial charge in [-0.05, 0) is 6.07 Å². The molecule has 120 valence electrons. The van der Waals surface area contributed by atoms with Gasteiger partial charge in [0.1, 0.15) is 0 Å². The molecular formula is C15H17N5O3. The average molecular weight is 315 g/mol. The van der Waals surface area contributed by atoms with E-state index >= 15 is 0 Å². The summed E-state index contributed by atoms with van der Waals surface area (Å²) in [6, 6.07) is 4.59. The molecule has 1 aliphatic heterocycles. The number of aromatic nitrogens is 3. The molecule has 8 nitrogen and oxygen atoms in total. The van der Waals surface area contributed by atoms with Crippen LogP contribution >= 0.6 is 0 Å². The standard InChI is InChI=1S/C15H17N5O3/c1-23-13-4-5-16-15(18-13)20-8-6-19(7-9-20)14(22)11-2-3-12(21)17-10-11/h2-5,10H,6-9H2,1H3,(H,17,21). The summed E-state index contributed by atoms with van der Waals surface area (Å²) in [7, 11) is 1.56. The normalized spacial score (nSPS) is 14.7. The summed E-state index contributed by atoms with van der Waals surface area (Å²) in [6.45, 7) is 2.42. The Balaban J connectivity index is 1.64. The predicted molar refractivity (Wildman–Crippen MR) is 83.8 cm³/mol. The van der Waals surface area contributed by atoms with Crippen LogP contribution in [0.4, 0.5) is 5.95 Å². The van der Waals surface area contributed by atoms with Crippen molar-refractivity contribution in [3.63, 3.8) is 0 Å². The molecule has 0 aliphatic carbocycles. The Morgan fingerprint density at radius 1 is 1.22 bits per heavy atom. The number of H-pyrrole nitrogens is 1. The molecule has 8 heteroatoms. The summed E-state index contributed by atoms with van der Waals surface area (Å²) in [5, 5.41) is 0. The van der Waals surface area contributed by atoms with Crippen LogP contribution in [0, 0.1) is 0 Å². The second kappa shape index (κ2) is 6.47. The molecule has 1 aliphatic rings. The Labute approximate surface area is 132 Å². The largest absolute Gasteiger partial charge is 0.481 e. The molecule has 23 heavy (non-hydrogen) atoms. The zero-order valence-electron chi connectivity index (χ0n) is 12.7. The van der Waals surface area contributed by atoms with E-state index in [0.717, 1.165) is 0 Å². The predicted octanol–water partition coefficient (Wildman–Crippen LogP) is 0.136. The Bertz CT molecular complexity index is 732. The number of nitrogens with one attached hydrogen (secondary N) is 1. The van der Waals surface area contributed by atoms with Crippen molar-refractivity contribution in [1.29, 1.82) is 0 Å². The molecule has 0 atom stereocenters. The molecule has 2 aromatic rings. The van der Waals surface area contributed by atoms with E-state index in [0.29, 0.717) is 43.6 Å². The maximum absolute atomic E-state index is 12.4. The van der Waals surface area contributed by atoms with E-state index in [1.54, 1.807) is 30.3 Å². The highest BCUT2D eigenvalue weighted by molar-refractivity contribution is 5.94. The number of amides is 1. The second-order valence-electron chi connectivity index (χ2n) is 5.12. The minimum atomic E-state index is -0.221. The fourth-order valence-electron chi connectivity index (χ4n) is 2.43. The van der Waals surface area contributed by atoms with Gasteiger partial charge in [-0.3, -0.25) is 9.59 Å².